The summed E-state index contributed by atoms with van der Waals surface area (Å²) in [5, 5.41) is 10.0. The number of phenolic OH excluding ortho intramolecular Hbond substituents is 1. The quantitative estimate of drug-likeness (QED) is 0.662. The fourth-order valence-corrected chi connectivity index (χ4v) is 4.11. The molecule has 1 fully saturated rings. The molecule has 1 N–H and O–H groups in total. The number of rotatable bonds is 3. The summed E-state index contributed by atoms with van der Waals surface area (Å²) in [6.07, 6.45) is 4.85. The summed E-state index contributed by atoms with van der Waals surface area (Å²) in [5.41, 5.74) is -0.668. The molecule has 1 aromatic heterocycles. The van der Waals surface area contributed by atoms with Crippen LogP contribution in [-0.2, 0) is 16.7 Å². The molecule has 0 unspecified atom stereocenters. The zero-order valence-electron chi connectivity index (χ0n) is 14.8. The Hall–Kier alpha value is -2.96. The molecule has 2 aliphatic rings. The van der Waals surface area contributed by atoms with Crippen LogP contribution < -0.4 is 5.43 Å². The van der Waals surface area contributed by atoms with Crippen LogP contribution in [0.3, 0.4) is 0 Å². The third kappa shape index (κ3) is 2.41. The molecule has 6 nitrogen and oxygen atoms in total. The molecule has 0 amide bonds. The predicted octanol–water partition coefficient (Wildman–Crippen LogP) is 2.78. The van der Waals surface area contributed by atoms with Crippen LogP contribution >= 0.6 is 0 Å². The number of halogens is 1. The van der Waals surface area contributed by atoms with Gasteiger partial charge < -0.3 is 14.4 Å². The summed E-state index contributed by atoms with van der Waals surface area (Å²) in [4.78, 5) is 35.8. The van der Waals surface area contributed by atoms with Gasteiger partial charge in [0.15, 0.2) is 12.1 Å². The Morgan fingerprint density at radius 3 is 2.74 bits per heavy atom. The summed E-state index contributed by atoms with van der Waals surface area (Å²) in [5.74, 6) is -2.07. The van der Waals surface area contributed by atoms with E-state index in [2.05, 4.69) is 0 Å². The maximum absolute atomic E-state index is 15.2. The lowest BCUT2D eigenvalue weighted by atomic mass is 9.69. The molecule has 1 aromatic carbocycles. The number of hydrogen-bond donors (Lipinski definition) is 1. The van der Waals surface area contributed by atoms with Crippen LogP contribution in [0.4, 0.5) is 4.39 Å². The molecule has 27 heavy (non-hydrogen) atoms. The number of ether oxygens (including phenoxy) is 1. The molecule has 1 aliphatic heterocycles. The van der Waals surface area contributed by atoms with Gasteiger partial charge in [-0.1, -0.05) is 0 Å². The van der Waals surface area contributed by atoms with E-state index in [4.69, 9.17) is 4.74 Å². The molecule has 2 heterocycles. The second kappa shape index (κ2) is 6.04. The number of aromatic nitrogens is 1. The van der Waals surface area contributed by atoms with Crippen molar-refractivity contribution >= 4 is 12.3 Å². The lowest BCUT2D eigenvalue weighted by molar-refractivity contribution is 0.0520. The first-order valence-electron chi connectivity index (χ1n) is 8.86. The number of carbonyl (C=O) groups excluding carboxylic acids is 2. The van der Waals surface area contributed by atoms with Crippen molar-refractivity contribution in [2.75, 3.05) is 6.61 Å². The predicted molar refractivity (Wildman–Crippen MR) is 94.6 cm³/mol. The van der Waals surface area contributed by atoms with Gasteiger partial charge in [0.1, 0.15) is 11.3 Å². The summed E-state index contributed by atoms with van der Waals surface area (Å²) in [6.45, 7) is 1.69. The van der Waals surface area contributed by atoms with Gasteiger partial charge in [0.25, 0.3) is 0 Å². The maximum Gasteiger partial charge on any atom is 0.343 e. The summed E-state index contributed by atoms with van der Waals surface area (Å²) in [6, 6.07) is 2.85. The van der Waals surface area contributed by atoms with E-state index in [1.807, 2.05) is 0 Å². The number of pyridine rings is 1. The van der Waals surface area contributed by atoms with Gasteiger partial charge in [-0.2, -0.15) is 0 Å². The normalized spacial score (nSPS) is 16.2. The number of benzene rings is 1. The Morgan fingerprint density at radius 2 is 2.15 bits per heavy atom. The molecule has 0 bridgehead atoms. The van der Waals surface area contributed by atoms with Crippen LogP contribution in [0.25, 0.3) is 11.3 Å². The zero-order valence-corrected chi connectivity index (χ0v) is 14.8. The van der Waals surface area contributed by atoms with Gasteiger partial charge in [-0.3, -0.25) is 9.59 Å². The molecular weight excluding hydrogens is 353 g/mol. The maximum atomic E-state index is 15.2. The minimum atomic E-state index is -1.05. The van der Waals surface area contributed by atoms with Gasteiger partial charge in [-0.15, -0.1) is 0 Å². The van der Waals surface area contributed by atoms with Crippen molar-refractivity contribution in [1.82, 2.24) is 4.57 Å². The number of aldehydes is 1. The lowest BCUT2D eigenvalue weighted by Gasteiger charge is -2.48. The molecule has 1 saturated carbocycles. The number of carbonyl (C=O) groups is 2. The molecule has 0 saturated heterocycles. The third-order valence-electron chi connectivity index (χ3n) is 5.60. The fourth-order valence-electron chi connectivity index (χ4n) is 4.11. The number of hydrogen-bond acceptors (Lipinski definition) is 5. The van der Waals surface area contributed by atoms with E-state index in [0.717, 1.165) is 19.3 Å². The highest BCUT2D eigenvalue weighted by molar-refractivity contribution is 5.90. The van der Waals surface area contributed by atoms with Crippen LogP contribution in [-0.4, -0.2) is 28.5 Å². The van der Waals surface area contributed by atoms with Crippen LogP contribution in [0.1, 0.15) is 52.5 Å². The first-order chi connectivity index (χ1) is 12.9. The standard InChI is InChI=1S/C20H18FNO5/c1-2-27-19(26)14-9-22-17(16(21)18(14)25)13-6-12(10-23)15(24)7-11(13)8-20(22)4-3-5-20/h6-7,9-10,24H,2-5,8H2,1H3. The number of aromatic hydroxyl groups is 1. The van der Waals surface area contributed by atoms with E-state index < -0.39 is 22.8 Å². The van der Waals surface area contributed by atoms with E-state index in [1.54, 1.807) is 11.5 Å². The first kappa shape index (κ1) is 17.5. The fraction of sp³-hybridized carbons (Fsp3) is 0.350. The second-order valence-electron chi connectivity index (χ2n) is 7.07. The van der Waals surface area contributed by atoms with E-state index >= 15 is 4.39 Å². The molecule has 7 heteroatoms. The number of fused-ring (bicyclic) bond motifs is 4. The number of nitrogens with zero attached hydrogens (tertiary/aromatic N) is 1. The lowest BCUT2D eigenvalue weighted by Crippen LogP contribution is -2.47. The van der Waals surface area contributed by atoms with Crippen molar-refractivity contribution in [2.45, 2.75) is 38.1 Å². The Labute approximate surface area is 154 Å². The summed E-state index contributed by atoms with van der Waals surface area (Å²) in [7, 11) is 0. The van der Waals surface area contributed by atoms with E-state index in [1.165, 1.54) is 18.3 Å². The van der Waals surface area contributed by atoms with Gasteiger partial charge in [-0.05, 0) is 50.3 Å². The molecule has 1 spiro atoms. The van der Waals surface area contributed by atoms with Gasteiger partial charge in [0, 0.05) is 17.3 Å². The van der Waals surface area contributed by atoms with Crippen molar-refractivity contribution in [3.63, 3.8) is 0 Å². The van der Waals surface area contributed by atoms with Crippen molar-refractivity contribution < 1.29 is 23.8 Å². The van der Waals surface area contributed by atoms with Gasteiger partial charge >= 0.3 is 5.97 Å². The smallest absolute Gasteiger partial charge is 0.343 e. The molecule has 0 atom stereocenters. The summed E-state index contributed by atoms with van der Waals surface area (Å²) >= 11 is 0. The average Bonchev–Trinajstić information content (AvgIpc) is 2.61. The van der Waals surface area contributed by atoms with Crippen LogP contribution in [0, 0.1) is 5.82 Å². The Balaban J connectivity index is 2.03. The minimum absolute atomic E-state index is 0.0196. The number of phenols is 1. The molecule has 2 aromatic rings. The van der Waals surface area contributed by atoms with E-state index in [9.17, 15) is 19.5 Å². The first-order valence-corrected chi connectivity index (χ1v) is 8.86. The Morgan fingerprint density at radius 1 is 1.41 bits per heavy atom. The zero-order chi connectivity index (χ0) is 19.3. The molecule has 0 radical (unpaired) electrons. The highest BCUT2D eigenvalue weighted by Crippen LogP contribution is 2.50. The van der Waals surface area contributed by atoms with E-state index in [0.29, 0.717) is 23.8 Å². The van der Waals surface area contributed by atoms with Gasteiger partial charge in [0.05, 0.1) is 17.9 Å². The average molecular weight is 371 g/mol. The highest BCUT2D eigenvalue weighted by atomic mass is 19.1. The third-order valence-corrected chi connectivity index (χ3v) is 5.60. The van der Waals surface area contributed by atoms with Crippen molar-refractivity contribution in [3.8, 4) is 17.0 Å². The number of esters is 1. The second-order valence-corrected chi connectivity index (χ2v) is 7.07. The summed E-state index contributed by atoms with van der Waals surface area (Å²) < 4.78 is 21.7. The van der Waals surface area contributed by atoms with Crippen LogP contribution in [0.5, 0.6) is 5.75 Å². The molecular formula is C20H18FNO5. The van der Waals surface area contributed by atoms with Crippen molar-refractivity contribution in [2.24, 2.45) is 0 Å². The van der Waals surface area contributed by atoms with Crippen LogP contribution in [0.15, 0.2) is 23.1 Å². The van der Waals surface area contributed by atoms with E-state index in [-0.39, 0.29) is 29.2 Å². The van der Waals surface area contributed by atoms with Gasteiger partial charge in [-0.25, -0.2) is 9.18 Å². The topological polar surface area (TPSA) is 85.6 Å². The minimum Gasteiger partial charge on any atom is -0.507 e. The molecule has 1 aliphatic carbocycles. The molecule has 140 valence electrons. The van der Waals surface area contributed by atoms with Crippen molar-refractivity contribution in [1.29, 1.82) is 0 Å². The molecule has 4 rings (SSSR count). The Bertz CT molecular complexity index is 1040. The van der Waals surface area contributed by atoms with Crippen molar-refractivity contribution in [3.05, 3.63) is 51.1 Å². The highest BCUT2D eigenvalue weighted by Gasteiger charge is 2.45. The Kier molecular flexibility index (Phi) is 3.91. The monoisotopic (exact) mass is 371 g/mol. The van der Waals surface area contributed by atoms with Crippen LogP contribution in [0.2, 0.25) is 0 Å². The van der Waals surface area contributed by atoms with Gasteiger partial charge in [0.2, 0.25) is 5.43 Å². The SMILES string of the molecule is CCOC(=O)c1cn2c(c(F)c1=O)-c1cc(C=O)c(O)cc1CC21CCC1. The largest absolute Gasteiger partial charge is 0.507 e.